The molecule has 2 N–H and O–H groups in total. The lowest BCUT2D eigenvalue weighted by Gasteiger charge is -2.12. The molecule has 0 heterocycles. The van der Waals surface area contributed by atoms with Crippen LogP contribution in [-0.2, 0) is 9.53 Å². The average molecular weight is 266 g/mol. The summed E-state index contributed by atoms with van der Waals surface area (Å²) in [6, 6.07) is 7.96. The lowest BCUT2D eigenvalue weighted by molar-refractivity contribution is -0.123. The highest BCUT2D eigenvalue weighted by molar-refractivity contribution is 5.77. The largest absolute Gasteiger partial charge is 0.484 e. The predicted octanol–water partition coefficient (Wildman–Crippen LogP) is 1.11. The van der Waals surface area contributed by atoms with Gasteiger partial charge in [0.25, 0.3) is 5.91 Å². The zero-order chi connectivity index (χ0) is 14.1. The number of rotatable bonds is 8. The van der Waals surface area contributed by atoms with E-state index in [2.05, 4.69) is 17.6 Å². The second-order valence-electron chi connectivity index (χ2n) is 4.21. The van der Waals surface area contributed by atoms with Crippen LogP contribution in [0.2, 0.25) is 0 Å². The average Bonchev–Trinajstić information content (AvgIpc) is 2.45. The van der Waals surface area contributed by atoms with E-state index in [1.165, 1.54) is 0 Å². The molecule has 0 saturated carbocycles. The van der Waals surface area contributed by atoms with Crippen LogP contribution >= 0.6 is 0 Å². The number of carbonyl (C=O) groups excluding carboxylic acids is 1. The summed E-state index contributed by atoms with van der Waals surface area (Å²) in [5.41, 5.74) is 1.12. The third-order valence-corrected chi connectivity index (χ3v) is 2.79. The van der Waals surface area contributed by atoms with Gasteiger partial charge in [-0.05, 0) is 31.7 Å². The molecule has 1 unspecified atom stereocenters. The standard InChI is InChI=1S/C14H22N2O3/c1-11(15-2)12-5-4-6-13(9-12)19-10-14(17)16-7-8-18-3/h4-6,9,11,15H,7-8,10H2,1-3H3,(H,16,17). The molecule has 1 aromatic carbocycles. The number of nitrogens with one attached hydrogen (secondary N) is 2. The van der Waals surface area contributed by atoms with Crippen LogP contribution in [0.4, 0.5) is 0 Å². The van der Waals surface area contributed by atoms with Gasteiger partial charge in [-0.3, -0.25) is 4.79 Å². The SMILES string of the molecule is CNC(C)c1cccc(OCC(=O)NCCOC)c1. The Kier molecular flexibility index (Phi) is 6.92. The fourth-order valence-electron chi connectivity index (χ4n) is 1.53. The first-order valence-electron chi connectivity index (χ1n) is 6.33. The summed E-state index contributed by atoms with van der Waals surface area (Å²) >= 11 is 0. The summed E-state index contributed by atoms with van der Waals surface area (Å²) in [6.45, 7) is 3.08. The van der Waals surface area contributed by atoms with Gasteiger partial charge >= 0.3 is 0 Å². The second-order valence-corrected chi connectivity index (χ2v) is 4.21. The number of hydrogen-bond acceptors (Lipinski definition) is 4. The molecule has 0 fully saturated rings. The van der Waals surface area contributed by atoms with Crippen molar-refractivity contribution < 1.29 is 14.3 Å². The summed E-state index contributed by atoms with van der Waals surface area (Å²) in [5, 5.41) is 5.86. The van der Waals surface area contributed by atoms with Crippen LogP contribution in [0.15, 0.2) is 24.3 Å². The molecule has 1 aromatic rings. The van der Waals surface area contributed by atoms with Gasteiger partial charge in [0, 0.05) is 19.7 Å². The molecule has 0 aliphatic carbocycles. The molecule has 0 aromatic heterocycles. The maximum absolute atomic E-state index is 11.5. The molecule has 106 valence electrons. The predicted molar refractivity (Wildman–Crippen MR) is 74.3 cm³/mol. The van der Waals surface area contributed by atoms with Gasteiger partial charge in [-0.2, -0.15) is 0 Å². The summed E-state index contributed by atoms with van der Waals surface area (Å²) in [6.07, 6.45) is 0. The second kappa shape index (κ2) is 8.50. The van der Waals surface area contributed by atoms with Gasteiger partial charge in [-0.1, -0.05) is 12.1 Å². The van der Waals surface area contributed by atoms with E-state index in [1.807, 2.05) is 31.3 Å². The molecule has 0 aliphatic heterocycles. The van der Waals surface area contributed by atoms with Crippen LogP contribution in [0.1, 0.15) is 18.5 Å². The molecule has 5 heteroatoms. The van der Waals surface area contributed by atoms with Crippen molar-refractivity contribution in [1.29, 1.82) is 0 Å². The zero-order valence-electron chi connectivity index (χ0n) is 11.7. The molecule has 1 rings (SSSR count). The molecule has 5 nitrogen and oxygen atoms in total. The van der Waals surface area contributed by atoms with Gasteiger partial charge in [0.1, 0.15) is 5.75 Å². The van der Waals surface area contributed by atoms with Crippen LogP contribution in [0.3, 0.4) is 0 Å². The maximum Gasteiger partial charge on any atom is 0.258 e. The van der Waals surface area contributed by atoms with Gasteiger partial charge < -0.3 is 20.1 Å². The fraction of sp³-hybridized carbons (Fsp3) is 0.500. The molecular formula is C14H22N2O3. The third-order valence-electron chi connectivity index (χ3n) is 2.79. The minimum Gasteiger partial charge on any atom is -0.484 e. The topological polar surface area (TPSA) is 59.6 Å². The van der Waals surface area contributed by atoms with Crippen molar-refractivity contribution >= 4 is 5.91 Å². The highest BCUT2D eigenvalue weighted by Gasteiger charge is 2.05. The van der Waals surface area contributed by atoms with E-state index < -0.39 is 0 Å². The van der Waals surface area contributed by atoms with Crippen molar-refractivity contribution in [1.82, 2.24) is 10.6 Å². The van der Waals surface area contributed by atoms with Crippen molar-refractivity contribution in [2.24, 2.45) is 0 Å². The van der Waals surface area contributed by atoms with Crippen LogP contribution in [0.5, 0.6) is 5.75 Å². The van der Waals surface area contributed by atoms with Crippen LogP contribution in [0, 0.1) is 0 Å². The molecule has 0 radical (unpaired) electrons. The minimum atomic E-state index is -0.149. The smallest absolute Gasteiger partial charge is 0.258 e. The van der Waals surface area contributed by atoms with Crippen molar-refractivity contribution in [3.8, 4) is 5.75 Å². The Labute approximate surface area is 114 Å². The Bertz CT molecular complexity index is 396. The lowest BCUT2D eigenvalue weighted by Crippen LogP contribution is -2.31. The first kappa shape index (κ1) is 15.5. The van der Waals surface area contributed by atoms with Gasteiger partial charge in [0.05, 0.1) is 6.61 Å². The van der Waals surface area contributed by atoms with E-state index in [0.29, 0.717) is 18.9 Å². The quantitative estimate of drug-likeness (QED) is 0.692. The first-order chi connectivity index (χ1) is 9.17. The number of ether oxygens (including phenoxy) is 2. The number of benzene rings is 1. The third kappa shape index (κ3) is 5.72. The van der Waals surface area contributed by atoms with E-state index in [0.717, 1.165) is 5.56 Å². The molecule has 0 aliphatic rings. The minimum absolute atomic E-state index is 0.0150. The Hall–Kier alpha value is -1.59. The lowest BCUT2D eigenvalue weighted by atomic mass is 10.1. The van der Waals surface area contributed by atoms with E-state index in [-0.39, 0.29) is 18.6 Å². The Morgan fingerprint density at radius 2 is 2.21 bits per heavy atom. The molecule has 0 saturated heterocycles. The Morgan fingerprint density at radius 1 is 1.42 bits per heavy atom. The summed E-state index contributed by atoms with van der Waals surface area (Å²) in [5.74, 6) is 0.547. The van der Waals surface area contributed by atoms with E-state index >= 15 is 0 Å². The van der Waals surface area contributed by atoms with Gasteiger partial charge in [0.15, 0.2) is 6.61 Å². The molecule has 19 heavy (non-hydrogen) atoms. The zero-order valence-corrected chi connectivity index (χ0v) is 11.7. The molecule has 0 spiro atoms. The van der Waals surface area contributed by atoms with Gasteiger partial charge in [0.2, 0.25) is 0 Å². The number of amides is 1. The van der Waals surface area contributed by atoms with E-state index in [9.17, 15) is 4.79 Å². The monoisotopic (exact) mass is 266 g/mol. The number of carbonyl (C=O) groups is 1. The van der Waals surface area contributed by atoms with Crippen molar-refractivity contribution in [2.45, 2.75) is 13.0 Å². The highest BCUT2D eigenvalue weighted by atomic mass is 16.5. The highest BCUT2D eigenvalue weighted by Crippen LogP contribution is 2.18. The number of hydrogen-bond donors (Lipinski definition) is 2. The van der Waals surface area contributed by atoms with Crippen molar-refractivity contribution in [3.05, 3.63) is 29.8 Å². The summed E-state index contributed by atoms with van der Waals surface area (Å²) in [4.78, 5) is 11.5. The maximum atomic E-state index is 11.5. The van der Waals surface area contributed by atoms with E-state index in [4.69, 9.17) is 9.47 Å². The van der Waals surface area contributed by atoms with Gasteiger partial charge in [-0.25, -0.2) is 0 Å². The van der Waals surface area contributed by atoms with Crippen LogP contribution < -0.4 is 15.4 Å². The van der Waals surface area contributed by atoms with Crippen LogP contribution in [0.25, 0.3) is 0 Å². The van der Waals surface area contributed by atoms with Gasteiger partial charge in [-0.15, -0.1) is 0 Å². The fourth-order valence-corrected chi connectivity index (χ4v) is 1.53. The molecule has 1 atom stereocenters. The Morgan fingerprint density at radius 3 is 2.89 bits per heavy atom. The molecule has 1 amide bonds. The molecule has 0 bridgehead atoms. The molecular weight excluding hydrogens is 244 g/mol. The summed E-state index contributed by atoms with van der Waals surface area (Å²) < 4.78 is 10.3. The van der Waals surface area contributed by atoms with Crippen LogP contribution in [-0.4, -0.2) is 39.8 Å². The number of methoxy groups -OCH3 is 1. The van der Waals surface area contributed by atoms with Crippen molar-refractivity contribution in [3.63, 3.8) is 0 Å². The summed E-state index contributed by atoms with van der Waals surface area (Å²) in [7, 11) is 3.50. The van der Waals surface area contributed by atoms with Crippen molar-refractivity contribution in [2.75, 3.05) is 33.9 Å². The Balaban J connectivity index is 2.42. The van der Waals surface area contributed by atoms with E-state index in [1.54, 1.807) is 7.11 Å². The normalized spacial score (nSPS) is 11.9. The first-order valence-corrected chi connectivity index (χ1v) is 6.33.